The van der Waals surface area contributed by atoms with E-state index >= 15 is 0 Å². The van der Waals surface area contributed by atoms with Gasteiger partial charge < -0.3 is 5.32 Å². The monoisotopic (exact) mass is 235 g/mol. The van der Waals surface area contributed by atoms with Gasteiger partial charge in [-0.25, -0.2) is 0 Å². The summed E-state index contributed by atoms with van der Waals surface area (Å²) in [6.45, 7) is 3.27. The second kappa shape index (κ2) is 6.31. The topological polar surface area (TPSA) is 12.0 Å². The Balaban J connectivity index is 1.88. The van der Waals surface area contributed by atoms with Crippen molar-refractivity contribution < 1.29 is 0 Å². The molecule has 1 aliphatic rings. The third-order valence-corrected chi connectivity index (χ3v) is 4.35. The van der Waals surface area contributed by atoms with Crippen LogP contribution in [0.1, 0.15) is 30.9 Å². The first-order valence-corrected chi connectivity index (χ1v) is 7.43. The van der Waals surface area contributed by atoms with E-state index in [-0.39, 0.29) is 0 Å². The second-order valence-electron chi connectivity index (χ2n) is 4.39. The molecule has 0 amide bonds. The zero-order chi connectivity index (χ0) is 11.2. The largest absolute Gasteiger partial charge is 0.310 e. The first kappa shape index (κ1) is 12.0. The Morgan fingerprint density at radius 2 is 1.88 bits per heavy atom. The van der Waals surface area contributed by atoms with Crippen molar-refractivity contribution in [2.24, 2.45) is 0 Å². The van der Waals surface area contributed by atoms with E-state index < -0.39 is 0 Å². The molecule has 1 fully saturated rings. The van der Waals surface area contributed by atoms with Gasteiger partial charge in [-0.2, -0.15) is 11.8 Å². The molecule has 1 saturated heterocycles. The molecule has 0 atom stereocenters. The Bertz CT molecular complexity index is 318. The second-order valence-corrected chi connectivity index (χ2v) is 5.61. The number of nitrogens with one attached hydrogen (secondary N) is 1. The van der Waals surface area contributed by atoms with Gasteiger partial charge in [0.05, 0.1) is 0 Å². The molecule has 0 bridgehead atoms. The normalized spacial score (nSPS) is 17.6. The number of rotatable bonds is 4. The van der Waals surface area contributed by atoms with E-state index in [4.69, 9.17) is 0 Å². The summed E-state index contributed by atoms with van der Waals surface area (Å²) in [6, 6.07) is 9.52. The lowest BCUT2D eigenvalue weighted by atomic mass is 10.0. The van der Waals surface area contributed by atoms with Gasteiger partial charge in [-0.15, -0.1) is 0 Å². The number of benzene rings is 1. The third kappa shape index (κ3) is 3.26. The first-order chi connectivity index (χ1) is 7.90. The van der Waals surface area contributed by atoms with Crippen molar-refractivity contribution in [1.82, 2.24) is 5.32 Å². The van der Waals surface area contributed by atoms with Crippen LogP contribution in [-0.2, 0) is 13.0 Å². The molecule has 1 aliphatic heterocycles. The lowest BCUT2D eigenvalue weighted by Gasteiger charge is -2.23. The molecular formula is C14H21NS. The number of hydrogen-bond acceptors (Lipinski definition) is 2. The molecule has 1 heterocycles. The van der Waals surface area contributed by atoms with E-state index in [1.165, 1.54) is 35.5 Å². The van der Waals surface area contributed by atoms with E-state index in [1.807, 2.05) is 0 Å². The lowest BCUT2D eigenvalue weighted by Crippen LogP contribution is -2.32. The van der Waals surface area contributed by atoms with E-state index in [1.54, 1.807) is 0 Å². The average Bonchev–Trinajstić information content (AvgIpc) is 2.38. The minimum atomic E-state index is 0.742. The summed E-state index contributed by atoms with van der Waals surface area (Å²) in [6.07, 6.45) is 3.80. The van der Waals surface area contributed by atoms with Crippen molar-refractivity contribution in [2.75, 3.05) is 11.5 Å². The van der Waals surface area contributed by atoms with Crippen LogP contribution < -0.4 is 5.32 Å². The van der Waals surface area contributed by atoms with Crippen LogP contribution in [0.2, 0.25) is 0 Å². The number of thioether (sulfide) groups is 1. The predicted octanol–water partition coefficient (Wildman–Crippen LogP) is 3.23. The van der Waals surface area contributed by atoms with Gasteiger partial charge >= 0.3 is 0 Å². The van der Waals surface area contributed by atoms with Crippen LogP contribution >= 0.6 is 11.8 Å². The Labute approximate surface area is 103 Å². The summed E-state index contributed by atoms with van der Waals surface area (Å²) in [5.74, 6) is 2.65. The quantitative estimate of drug-likeness (QED) is 0.860. The molecule has 0 aliphatic carbocycles. The first-order valence-electron chi connectivity index (χ1n) is 6.28. The standard InChI is InChI=1S/C14H21NS/c1-2-12-5-3-4-6-13(12)11-15-14-7-9-16-10-8-14/h3-6,14-15H,2,7-11H2,1H3. The van der Waals surface area contributed by atoms with E-state index in [9.17, 15) is 0 Å². The molecule has 0 radical (unpaired) electrons. The highest BCUT2D eigenvalue weighted by molar-refractivity contribution is 7.99. The average molecular weight is 235 g/mol. The molecule has 1 aromatic carbocycles. The van der Waals surface area contributed by atoms with Crippen LogP contribution in [0.25, 0.3) is 0 Å². The van der Waals surface area contributed by atoms with Gasteiger partial charge in [0.1, 0.15) is 0 Å². The van der Waals surface area contributed by atoms with Crippen LogP contribution in [0, 0.1) is 0 Å². The summed E-state index contributed by atoms with van der Waals surface area (Å²) in [7, 11) is 0. The zero-order valence-electron chi connectivity index (χ0n) is 10.0. The summed E-state index contributed by atoms with van der Waals surface area (Å²) in [5.41, 5.74) is 2.96. The van der Waals surface area contributed by atoms with Gasteiger partial charge in [0.25, 0.3) is 0 Å². The van der Waals surface area contributed by atoms with E-state index in [0.717, 1.165) is 19.0 Å². The van der Waals surface area contributed by atoms with Crippen molar-refractivity contribution in [3.8, 4) is 0 Å². The fourth-order valence-corrected chi connectivity index (χ4v) is 3.34. The number of aryl methyl sites for hydroxylation is 1. The summed E-state index contributed by atoms with van der Waals surface area (Å²) >= 11 is 2.09. The molecule has 1 nitrogen and oxygen atoms in total. The minimum Gasteiger partial charge on any atom is -0.310 e. The van der Waals surface area contributed by atoms with Crippen molar-refractivity contribution in [3.05, 3.63) is 35.4 Å². The van der Waals surface area contributed by atoms with Crippen LogP contribution in [0.4, 0.5) is 0 Å². The maximum absolute atomic E-state index is 3.70. The molecular weight excluding hydrogens is 214 g/mol. The smallest absolute Gasteiger partial charge is 0.0210 e. The van der Waals surface area contributed by atoms with Gasteiger partial charge in [0.15, 0.2) is 0 Å². The minimum absolute atomic E-state index is 0.742. The fraction of sp³-hybridized carbons (Fsp3) is 0.571. The van der Waals surface area contributed by atoms with E-state index in [2.05, 4.69) is 48.3 Å². The summed E-state index contributed by atoms with van der Waals surface area (Å²) < 4.78 is 0. The molecule has 0 spiro atoms. The molecule has 88 valence electrons. The summed E-state index contributed by atoms with van der Waals surface area (Å²) in [4.78, 5) is 0. The van der Waals surface area contributed by atoms with Gasteiger partial charge in [-0.1, -0.05) is 31.2 Å². The van der Waals surface area contributed by atoms with Crippen LogP contribution in [0.15, 0.2) is 24.3 Å². The molecule has 2 rings (SSSR count). The Morgan fingerprint density at radius 1 is 1.19 bits per heavy atom. The van der Waals surface area contributed by atoms with Gasteiger partial charge in [0.2, 0.25) is 0 Å². The SMILES string of the molecule is CCc1ccccc1CNC1CCSCC1. The third-order valence-electron chi connectivity index (χ3n) is 3.30. The lowest BCUT2D eigenvalue weighted by molar-refractivity contribution is 0.481. The van der Waals surface area contributed by atoms with Crippen molar-refractivity contribution in [3.63, 3.8) is 0 Å². The predicted molar refractivity (Wildman–Crippen MR) is 73.0 cm³/mol. The molecule has 0 aromatic heterocycles. The van der Waals surface area contributed by atoms with Gasteiger partial charge in [-0.3, -0.25) is 0 Å². The van der Waals surface area contributed by atoms with Crippen LogP contribution in [-0.4, -0.2) is 17.5 Å². The molecule has 1 aromatic rings. The van der Waals surface area contributed by atoms with Gasteiger partial charge in [-0.05, 0) is 41.9 Å². The maximum atomic E-state index is 3.70. The molecule has 0 saturated carbocycles. The highest BCUT2D eigenvalue weighted by Gasteiger charge is 2.12. The summed E-state index contributed by atoms with van der Waals surface area (Å²) in [5, 5.41) is 3.70. The Hall–Kier alpha value is -0.470. The highest BCUT2D eigenvalue weighted by Crippen LogP contribution is 2.18. The van der Waals surface area contributed by atoms with Crippen molar-refractivity contribution in [2.45, 2.75) is 38.8 Å². The molecule has 2 heteroatoms. The van der Waals surface area contributed by atoms with Crippen molar-refractivity contribution >= 4 is 11.8 Å². The van der Waals surface area contributed by atoms with Crippen LogP contribution in [0.3, 0.4) is 0 Å². The molecule has 0 unspecified atom stereocenters. The maximum Gasteiger partial charge on any atom is 0.0210 e. The molecule has 16 heavy (non-hydrogen) atoms. The highest BCUT2D eigenvalue weighted by atomic mass is 32.2. The number of hydrogen-bond donors (Lipinski definition) is 1. The van der Waals surface area contributed by atoms with Crippen LogP contribution in [0.5, 0.6) is 0 Å². The fourth-order valence-electron chi connectivity index (χ4n) is 2.23. The zero-order valence-corrected chi connectivity index (χ0v) is 10.9. The van der Waals surface area contributed by atoms with Crippen molar-refractivity contribution in [1.29, 1.82) is 0 Å². The van der Waals surface area contributed by atoms with Gasteiger partial charge in [0, 0.05) is 12.6 Å². The Morgan fingerprint density at radius 3 is 2.56 bits per heavy atom. The van der Waals surface area contributed by atoms with E-state index in [0.29, 0.717) is 0 Å². The Kier molecular flexibility index (Phi) is 4.73. The molecule has 1 N–H and O–H groups in total.